The molecule has 0 aromatic heterocycles. The molecule has 0 amide bonds. The Balaban J connectivity index is 2.74. The lowest BCUT2D eigenvalue weighted by atomic mass is 9.95. The van der Waals surface area contributed by atoms with E-state index in [4.69, 9.17) is 0 Å². The van der Waals surface area contributed by atoms with Crippen LogP contribution < -0.4 is 0 Å². The van der Waals surface area contributed by atoms with E-state index in [1.807, 2.05) is 6.08 Å². The summed E-state index contributed by atoms with van der Waals surface area (Å²) in [7, 11) is 0. The van der Waals surface area contributed by atoms with Gasteiger partial charge in [-0.1, -0.05) is 64.0 Å². The molecule has 0 bridgehead atoms. The Morgan fingerprint density at radius 2 is 1.65 bits per heavy atom. The Labute approximate surface area is 107 Å². The molecule has 94 valence electrons. The van der Waals surface area contributed by atoms with Crippen molar-refractivity contribution in [3.8, 4) is 0 Å². The standard InChI is InChI=1S/C17H26/c1-4-7-9-11-16-13-12-15(6-3)14-17(16)10-8-5-2/h6,12-14H,3-5,7-11H2,1-2H3. The first-order chi connectivity index (χ1) is 8.31. The fourth-order valence-electron chi connectivity index (χ4n) is 2.18. The minimum absolute atomic E-state index is 1.22. The number of aryl methyl sites for hydroxylation is 2. The highest BCUT2D eigenvalue weighted by atomic mass is 14.1. The summed E-state index contributed by atoms with van der Waals surface area (Å²) in [6, 6.07) is 6.82. The average Bonchev–Trinajstić information content (AvgIpc) is 2.37. The topological polar surface area (TPSA) is 0 Å². The lowest BCUT2D eigenvalue weighted by Gasteiger charge is -2.10. The summed E-state index contributed by atoms with van der Waals surface area (Å²) < 4.78 is 0. The summed E-state index contributed by atoms with van der Waals surface area (Å²) in [5.74, 6) is 0. The van der Waals surface area contributed by atoms with E-state index in [2.05, 4.69) is 38.6 Å². The second-order valence-electron chi connectivity index (χ2n) is 4.79. The van der Waals surface area contributed by atoms with Crippen molar-refractivity contribution >= 4 is 6.08 Å². The summed E-state index contributed by atoms with van der Waals surface area (Å²) in [5, 5.41) is 0. The molecule has 1 aromatic carbocycles. The number of benzene rings is 1. The highest BCUT2D eigenvalue weighted by Gasteiger charge is 2.03. The second-order valence-corrected chi connectivity index (χ2v) is 4.79. The van der Waals surface area contributed by atoms with E-state index in [9.17, 15) is 0 Å². The Bertz CT molecular complexity index is 336. The lowest BCUT2D eigenvalue weighted by molar-refractivity contribution is 0.707. The van der Waals surface area contributed by atoms with Gasteiger partial charge in [0.2, 0.25) is 0 Å². The summed E-state index contributed by atoms with van der Waals surface area (Å²) in [4.78, 5) is 0. The van der Waals surface area contributed by atoms with Gasteiger partial charge in [-0.05, 0) is 42.4 Å². The highest BCUT2D eigenvalue weighted by Crippen LogP contribution is 2.18. The fourth-order valence-corrected chi connectivity index (χ4v) is 2.18. The van der Waals surface area contributed by atoms with E-state index in [1.165, 1.54) is 50.5 Å². The van der Waals surface area contributed by atoms with Gasteiger partial charge in [-0.25, -0.2) is 0 Å². The smallest absolute Gasteiger partial charge is 0.0260 e. The molecule has 0 aliphatic carbocycles. The maximum atomic E-state index is 3.86. The predicted molar refractivity (Wildman–Crippen MR) is 78.4 cm³/mol. The zero-order valence-electron chi connectivity index (χ0n) is 11.5. The first kappa shape index (κ1) is 14.0. The first-order valence-corrected chi connectivity index (χ1v) is 7.06. The predicted octanol–water partition coefficient (Wildman–Crippen LogP) is 5.40. The minimum Gasteiger partial charge on any atom is -0.0985 e. The Morgan fingerprint density at radius 1 is 0.941 bits per heavy atom. The highest BCUT2D eigenvalue weighted by molar-refractivity contribution is 5.50. The van der Waals surface area contributed by atoms with Gasteiger partial charge in [0.25, 0.3) is 0 Å². The molecule has 0 saturated carbocycles. The van der Waals surface area contributed by atoms with Gasteiger partial charge in [-0.3, -0.25) is 0 Å². The van der Waals surface area contributed by atoms with Crippen LogP contribution in [0.4, 0.5) is 0 Å². The van der Waals surface area contributed by atoms with Crippen molar-refractivity contribution in [3.05, 3.63) is 41.5 Å². The lowest BCUT2D eigenvalue weighted by Crippen LogP contribution is -1.96. The summed E-state index contributed by atoms with van der Waals surface area (Å²) in [5.41, 5.74) is 4.35. The van der Waals surface area contributed by atoms with Crippen LogP contribution in [0.3, 0.4) is 0 Å². The number of rotatable bonds is 8. The van der Waals surface area contributed by atoms with Crippen molar-refractivity contribution in [2.24, 2.45) is 0 Å². The number of hydrogen-bond donors (Lipinski definition) is 0. The third-order valence-electron chi connectivity index (χ3n) is 3.32. The quantitative estimate of drug-likeness (QED) is 0.524. The Hall–Kier alpha value is -1.04. The van der Waals surface area contributed by atoms with Gasteiger partial charge < -0.3 is 0 Å². The molecule has 1 aromatic rings. The molecule has 0 unspecified atom stereocenters. The number of hydrogen-bond acceptors (Lipinski definition) is 0. The molecule has 0 aliphatic heterocycles. The zero-order chi connectivity index (χ0) is 12.5. The molecule has 1 rings (SSSR count). The van der Waals surface area contributed by atoms with Crippen molar-refractivity contribution in [2.75, 3.05) is 0 Å². The number of unbranched alkanes of at least 4 members (excludes halogenated alkanes) is 3. The zero-order valence-corrected chi connectivity index (χ0v) is 11.5. The Morgan fingerprint density at radius 3 is 2.29 bits per heavy atom. The molecule has 0 heteroatoms. The van der Waals surface area contributed by atoms with E-state index in [-0.39, 0.29) is 0 Å². The van der Waals surface area contributed by atoms with Crippen molar-refractivity contribution in [1.82, 2.24) is 0 Å². The van der Waals surface area contributed by atoms with Gasteiger partial charge >= 0.3 is 0 Å². The van der Waals surface area contributed by atoms with E-state index in [1.54, 1.807) is 11.1 Å². The third kappa shape index (κ3) is 4.77. The van der Waals surface area contributed by atoms with Gasteiger partial charge in [0.05, 0.1) is 0 Å². The molecule has 0 aliphatic rings. The van der Waals surface area contributed by atoms with Crippen molar-refractivity contribution in [3.63, 3.8) is 0 Å². The maximum absolute atomic E-state index is 3.86. The summed E-state index contributed by atoms with van der Waals surface area (Å²) in [6.45, 7) is 8.38. The normalized spacial score (nSPS) is 10.5. The molecule has 0 N–H and O–H groups in total. The molecule has 0 heterocycles. The van der Waals surface area contributed by atoms with E-state index in [0.717, 1.165) is 0 Å². The monoisotopic (exact) mass is 230 g/mol. The van der Waals surface area contributed by atoms with Gasteiger partial charge in [0, 0.05) is 0 Å². The average molecular weight is 230 g/mol. The van der Waals surface area contributed by atoms with E-state index >= 15 is 0 Å². The van der Waals surface area contributed by atoms with Crippen LogP contribution in [-0.2, 0) is 12.8 Å². The van der Waals surface area contributed by atoms with Gasteiger partial charge in [-0.15, -0.1) is 0 Å². The van der Waals surface area contributed by atoms with E-state index < -0.39 is 0 Å². The van der Waals surface area contributed by atoms with Crippen LogP contribution in [0.15, 0.2) is 24.8 Å². The van der Waals surface area contributed by atoms with Crippen LogP contribution in [0.25, 0.3) is 6.08 Å². The van der Waals surface area contributed by atoms with Crippen LogP contribution in [0, 0.1) is 0 Å². The van der Waals surface area contributed by atoms with Crippen LogP contribution >= 0.6 is 0 Å². The molecular formula is C17H26. The molecule has 0 atom stereocenters. The molecule has 17 heavy (non-hydrogen) atoms. The molecule has 0 spiro atoms. The van der Waals surface area contributed by atoms with Crippen molar-refractivity contribution < 1.29 is 0 Å². The van der Waals surface area contributed by atoms with Crippen LogP contribution in [0.1, 0.15) is 62.6 Å². The third-order valence-corrected chi connectivity index (χ3v) is 3.32. The molecule has 0 fully saturated rings. The molecule has 0 saturated heterocycles. The van der Waals surface area contributed by atoms with Crippen LogP contribution in [-0.4, -0.2) is 0 Å². The molecule has 0 radical (unpaired) electrons. The van der Waals surface area contributed by atoms with Gasteiger partial charge in [-0.2, -0.15) is 0 Å². The van der Waals surface area contributed by atoms with Crippen LogP contribution in [0.5, 0.6) is 0 Å². The molecular weight excluding hydrogens is 204 g/mol. The molecule has 0 nitrogen and oxygen atoms in total. The largest absolute Gasteiger partial charge is 0.0985 e. The van der Waals surface area contributed by atoms with Crippen molar-refractivity contribution in [2.45, 2.75) is 58.8 Å². The SMILES string of the molecule is C=Cc1ccc(CCCCC)c(CCCC)c1. The van der Waals surface area contributed by atoms with Crippen molar-refractivity contribution in [1.29, 1.82) is 0 Å². The Kier molecular flexibility index (Phi) is 6.69. The van der Waals surface area contributed by atoms with Gasteiger partial charge in [0.15, 0.2) is 0 Å². The fraction of sp³-hybridized carbons (Fsp3) is 0.529. The van der Waals surface area contributed by atoms with Crippen LogP contribution in [0.2, 0.25) is 0 Å². The second kappa shape index (κ2) is 8.11. The minimum atomic E-state index is 1.22. The maximum Gasteiger partial charge on any atom is -0.0260 e. The van der Waals surface area contributed by atoms with Gasteiger partial charge in [0.1, 0.15) is 0 Å². The first-order valence-electron chi connectivity index (χ1n) is 7.06. The summed E-state index contributed by atoms with van der Waals surface area (Å²) >= 11 is 0. The van der Waals surface area contributed by atoms with E-state index in [0.29, 0.717) is 0 Å². The summed E-state index contributed by atoms with van der Waals surface area (Å²) in [6.07, 6.45) is 10.9.